The first kappa shape index (κ1) is 14.3. The summed E-state index contributed by atoms with van der Waals surface area (Å²) in [6.45, 7) is 1.54. The normalized spacial score (nSPS) is 15.0. The fraction of sp³-hybridized carbons (Fsp3) is 0.286. The second-order valence-corrected chi connectivity index (χ2v) is 6.25. The van der Waals surface area contributed by atoms with Crippen LogP contribution in [0.3, 0.4) is 0 Å². The Kier molecular flexibility index (Phi) is 4.36. The molecule has 0 aliphatic carbocycles. The van der Waals surface area contributed by atoms with Crippen molar-refractivity contribution >= 4 is 35.1 Å². The summed E-state index contributed by atoms with van der Waals surface area (Å²) in [7, 11) is 0. The third-order valence-electron chi connectivity index (χ3n) is 3.26. The molecule has 2 heterocycles. The van der Waals surface area contributed by atoms with Gasteiger partial charge in [-0.15, -0.1) is 0 Å². The van der Waals surface area contributed by atoms with Crippen LogP contribution in [0.1, 0.15) is 0 Å². The number of thioether (sulfide) groups is 1. The molecule has 7 heteroatoms. The molecule has 21 heavy (non-hydrogen) atoms. The minimum absolute atomic E-state index is 0.0917. The molecule has 110 valence electrons. The molecular formula is C14H15ClN4OS. The van der Waals surface area contributed by atoms with Gasteiger partial charge in [-0.25, -0.2) is 9.48 Å². The highest BCUT2D eigenvalue weighted by molar-refractivity contribution is 7.99. The second-order valence-electron chi connectivity index (χ2n) is 4.62. The van der Waals surface area contributed by atoms with Crippen LogP contribution in [0.2, 0.25) is 5.02 Å². The zero-order valence-corrected chi connectivity index (χ0v) is 12.9. The summed E-state index contributed by atoms with van der Waals surface area (Å²) in [6.07, 6.45) is 3.48. The highest BCUT2D eigenvalue weighted by Crippen LogP contribution is 2.28. The van der Waals surface area contributed by atoms with Crippen molar-refractivity contribution < 1.29 is 4.79 Å². The maximum Gasteiger partial charge on any atom is 0.321 e. The van der Waals surface area contributed by atoms with E-state index in [2.05, 4.69) is 10.4 Å². The molecule has 3 rings (SSSR count). The van der Waals surface area contributed by atoms with Crippen molar-refractivity contribution in [1.82, 2.24) is 14.7 Å². The molecule has 1 aliphatic heterocycles. The van der Waals surface area contributed by atoms with Gasteiger partial charge in [-0.3, -0.25) is 0 Å². The van der Waals surface area contributed by atoms with Crippen molar-refractivity contribution in [2.45, 2.75) is 0 Å². The van der Waals surface area contributed by atoms with Crippen LogP contribution >= 0.6 is 23.4 Å². The van der Waals surface area contributed by atoms with Crippen molar-refractivity contribution in [3.63, 3.8) is 0 Å². The fourth-order valence-corrected chi connectivity index (χ4v) is 3.38. The molecule has 1 N–H and O–H groups in total. The summed E-state index contributed by atoms with van der Waals surface area (Å²) >= 11 is 8.13. The van der Waals surface area contributed by atoms with Crippen LogP contribution in [0.15, 0.2) is 36.7 Å². The van der Waals surface area contributed by atoms with E-state index in [-0.39, 0.29) is 6.03 Å². The van der Waals surface area contributed by atoms with Gasteiger partial charge in [0.05, 0.1) is 10.7 Å². The molecule has 2 amide bonds. The van der Waals surface area contributed by atoms with Crippen LogP contribution in [0.4, 0.5) is 10.5 Å². The van der Waals surface area contributed by atoms with E-state index >= 15 is 0 Å². The number of para-hydroxylation sites is 1. The smallest absolute Gasteiger partial charge is 0.321 e. The second kappa shape index (κ2) is 6.41. The van der Waals surface area contributed by atoms with Gasteiger partial charge in [-0.05, 0) is 18.2 Å². The van der Waals surface area contributed by atoms with Gasteiger partial charge >= 0.3 is 6.03 Å². The van der Waals surface area contributed by atoms with Crippen molar-refractivity contribution in [1.29, 1.82) is 0 Å². The largest absolute Gasteiger partial charge is 0.323 e. The summed E-state index contributed by atoms with van der Waals surface area (Å²) in [6, 6.07) is 7.16. The van der Waals surface area contributed by atoms with Gasteiger partial charge < -0.3 is 10.2 Å². The summed E-state index contributed by atoms with van der Waals surface area (Å²) in [5.41, 5.74) is 1.35. The maximum atomic E-state index is 12.3. The quantitative estimate of drug-likeness (QED) is 0.924. The number of anilines is 1. The van der Waals surface area contributed by atoms with Crippen LogP contribution in [-0.4, -0.2) is 45.3 Å². The van der Waals surface area contributed by atoms with E-state index < -0.39 is 0 Å². The molecule has 0 atom stereocenters. The number of carbonyl (C=O) groups is 1. The Bertz CT molecular complexity index is 626. The standard InChI is InChI=1S/C14H15ClN4OS/c15-11-3-1-4-12(13(11)19-6-2-5-16-19)17-14(20)18-7-9-21-10-8-18/h1-6H,7-10H2,(H,17,20). The molecule has 0 saturated carbocycles. The summed E-state index contributed by atoms with van der Waals surface area (Å²) in [4.78, 5) is 14.2. The third kappa shape index (κ3) is 3.16. The number of benzene rings is 1. The topological polar surface area (TPSA) is 50.2 Å². The number of halogens is 1. The zero-order chi connectivity index (χ0) is 14.7. The van der Waals surface area contributed by atoms with Gasteiger partial charge in [-0.1, -0.05) is 17.7 Å². The molecule has 1 aliphatic rings. The molecule has 0 radical (unpaired) electrons. The lowest BCUT2D eigenvalue weighted by Gasteiger charge is -2.27. The van der Waals surface area contributed by atoms with Gasteiger partial charge in [0.25, 0.3) is 0 Å². The van der Waals surface area contributed by atoms with Crippen LogP contribution in [0, 0.1) is 0 Å². The molecule has 0 unspecified atom stereocenters. The average molecular weight is 323 g/mol. The first-order chi connectivity index (χ1) is 10.3. The highest BCUT2D eigenvalue weighted by Gasteiger charge is 2.19. The van der Waals surface area contributed by atoms with Crippen molar-refractivity contribution in [3.05, 3.63) is 41.7 Å². The highest BCUT2D eigenvalue weighted by atomic mass is 35.5. The molecule has 1 saturated heterocycles. The molecule has 1 aromatic heterocycles. The third-order valence-corrected chi connectivity index (χ3v) is 4.51. The zero-order valence-electron chi connectivity index (χ0n) is 11.3. The average Bonchev–Trinajstić information content (AvgIpc) is 3.02. The van der Waals surface area contributed by atoms with Crippen molar-refractivity contribution in [3.8, 4) is 5.69 Å². The SMILES string of the molecule is O=C(Nc1cccc(Cl)c1-n1cccn1)N1CCSCC1. The van der Waals surface area contributed by atoms with Gasteiger partial charge in [0.2, 0.25) is 0 Å². The first-order valence-corrected chi connectivity index (χ1v) is 8.21. The van der Waals surface area contributed by atoms with Gasteiger partial charge in [-0.2, -0.15) is 16.9 Å². The lowest BCUT2D eigenvalue weighted by Crippen LogP contribution is -2.40. The fourth-order valence-electron chi connectivity index (χ4n) is 2.21. The monoisotopic (exact) mass is 322 g/mol. The number of aromatic nitrogens is 2. The van der Waals surface area contributed by atoms with Crippen LogP contribution in [-0.2, 0) is 0 Å². The van der Waals surface area contributed by atoms with Crippen LogP contribution in [0.25, 0.3) is 5.69 Å². The molecule has 0 bridgehead atoms. The number of rotatable bonds is 2. The Morgan fingerprint density at radius 2 is 2.10 bits per heavy atom. The Labute approximate surface area is 132 Å². The van der Waals surface area contributed by atoms with Crippen molar-refractivity contribution in [2.24, 2.45) is 0 Å². The van der Waals surface area contributed by atoms with Gasteiger partial charge in [0.1, 0.15) is 5.69 Å². The number of carbonyl (C=O) groups excluding carboxylic acids is 1. The summed E-state index contributed by atoms with van der Waals surface area (Å²) in [5, 5.41) is 7.68. The van der Waals surface area contributed by atoms with Gasteiger partial charge in [0.15, 0.2) is 0 Å². The van der Waals surface area contributed by atoms with E-state index in [1.807, 2.05) is 34.9 Å². The number of urea groups is 1. The Morgan fingerprint density at radius 1 is 1.29 bits per heavy atom. The van der Waals surface area contributed by atoms with E-state index in [4.69, 9.17) is 11.6 Å². The molecule has 1 fully saturated rings. The Morgan fingerprint density at radius 3 is 2.81 bits per heavy atom. The minimum Gasteiger partial charge on any atom is -0.323 e. The van der Waals surface area contributed by atoms with E-state index in [9.17, 15) is 4.79 Å². The predicted molar refractivity (Wildman–Crippen MR) is 86.5 cm³/mol. The van der Waals surface area contributed by atoms with Crippen molar-refractivity contribution in [2.75, 3.05) is 29.9 Å². The lowest BCUT2D eigenvalue weighted by molar-refractivity contribution is 0.217. The van der Waals surface area contributed by atoms with E-state index in [1.165, 1.54) is 0 Å². The molecule has 5 nitrogen and oxygen atoms in total. The summed E-state index contributed by atoms with van der Waals surface area (Å²) < 4.78 is 1.66. The van der Waals surface area contributed by atoms with Gasteiger partial charge in [0, 0.05) is 37.0 Å². The predicted octanol–water partition coefficient (Wildman–Crippen LogP) is 3.11. The number of nitrogens with zero attached hydrogens (tertiary/aromatic N) is 3. The molecule has 1 aromatic carbocycles. The minimum atomic E-state index is -0.0917. The molecule has 2 aromatic rings. The Hall–Kier alpha value is -1.66. The maximum absolute atomic E-state index is 12.3. The van der Waals surface area contributed by atoms with Crippen LogP contribution < -0.4 is 5.32 Å². The summed E-state index contributed by atoms with van der Waals surface area (Å²) in [5.74, 6) is 1.96. The lowest BCUT2D eigenvalue weighted by atomic mass is 10.2. The van der Waals surface area contributed by atoms with E-state index in [1.54, 1.807) is 23.1 Å². The molecule has 0 spiro atoms. The van der Waals surface area contributed by atoms with E-state index in [0.29, 0.717) is 16.4 Å². The van der Waals surface area contributed by atoms with Crippen LogP contribution in [0.5, 0.6) is 0 Å². The number of amides is 2. The number of nitrogens with one attached hydrogen (secondary N) is 1. The number of hydrogen-bond acceptors (Lipinski definition) is 3. The Balaban J connectivity index is 1.85. The molecular weight excluding hydrogens is 308 g/mol. The first-order valence-electron chi connectivity index (χ1n) is 6.68. The van der Waals surface area contributed by atoms with E-state index in [0.717, 1.165) is 24.6 Å². The number of hydrogen-bond donors (Lipinski definition) is 1.